The van der Waals surface area contributed by atoms with E-state index in [1.807, 2.05) is 34.9 Å². The maximum atomic E-state index is 12.4. The molecule has 2 unspecified atom stereocenters. The fourth-order valence-electron chi connectivity index (χ4n) is 3.40. The van der Waals surface area contributed by atoms with Gasteiger partial charge in [-0.2, -0.15) is 0 Å². The van der Waals surface area contributed by atoms with Crippen LogP contribution in [0, 0.1) is 5.92 Å². The van der Waals surface area contributed by atoms with Crippen molar-refractivity contribution in [1.29, 1.82) is 0 Å². The molecule has 4 nitrogen and oxygen atoms in total. The molecule has 4 rings (SSSR count). The molecule has 2 fully saturated rings. The molecule has 3 atom stereocenters. The number of amides is 1. The van der Waals surface area contributed by atoms with Gasteiger partial charge in [-0.3, -0.25) is 4.79 Å². The van der Waals surface area contributed by atoms with Gasteiger partial charge < -0.3 is 14.6 Å². The molecule has 2 aromatic heterocycles. The van der Waals surface area contributed by atoms with Crippen molar-refractivity contribution in [2.75, 3.05) is 19.6 Å². The normalized spacial score (nSPS) is 28.1. The number of aromatic nitrogens is 1. The van der Waals surface area contributed by atoms with Gasteiger partial charge in [-0.25, -0.2) is 0 Å². The molecular weight excluding hydrogens is 318 g/mol. The molecule has 0 aromatic carbocycles. The molecule has 2 saturated heterocycles. The predicted molar refractivity (Wildman–Crippen MR) is 80.9 cm³/mol. The highest BCUT2D eigenvalue weighted by Gasteiger charge is 2.38. The summed E-state index contributed by atoms with van der Waals surface area (Å²) in [7, 11) is 0. The number of pyridine rings is 1. The number of carbonyl (C=O) groups is 1. The van der Waals surface area contributed by atoms with Crippen molar-refractivity contribution in [3.63, 3.8) is 0 Å². The summed E-state index contributed by atoms with van der Waals surface area (Å²) in [4.78, 5) is 14.8. The van der Waals surface area contributed by atoms with E-state index in [4.69, 9.17) is 0 Å². The zero-order valence-electron chi connectivity index (χ0n) is 11.1. The number of hydrogen-bond donors (Lipinski definition) is 1. The summed E-state index contributed by atoms with van der Waals surface area (Å²) in [5.41, 5.74) is 1.80. The second-order valence-electron chi connectivity index (χ2n) is 5.76. The van der Waals surface area contributed by atoms with Crippen LogP contribution in [-0.2, 0) is 0 Å². The van der Waals surface area contributed by atoms with Gasteiger partial charge in [0, 0.05) is 30.8 Å². The van der Waals surface area contributed by atoms with Crippen LogP contribution >= 0.6 is 15.9 Å². The van der Waals surface area contributed by atoms with E-state index < -0.39 is 0 Å². The summed E-state index contributed by atoms with van der Waals surface area (Å²) in [6.07, 6.45) is 3.11. The van der Waals surface area contributed by atoms with Crippen LogP contribution in [0.2, 0.25) is 0 Å². The topological polar surface area (TPSA) is 36.8 Å². The highest BCUT2D eigenvalue weighted by Crippen LogP contribution is 2.28. The van der Waals surface area contributed by atoms with Crippen LogP contribution in [-0.4, -0.2) is 40.9 Å². The minimum absolute atomic E-state index is 0.0336. The summed E-state index contributed by atoms with van der Waals surface area (Å²) < 4.78 is 2.95. The first-order valence-corrected chi connectivity index (χ1v) is 7.80. The average molecular weight is 334 g/mol. The van der Waals surface area contributed by atoms with Gasteiger partial charge in [-0.05, 0) is 59.1 Å². The van der Waals surface area contributed by atoms with Gasteiger partial charge in [0.1, 0.15) is 0 Å². The number of piperidine rings is 1. The zero-order valence-corrected chi connectivity index (χ0v) is 12.6. The van der Waals surface area contributed by atoms with Gasteiger partial charge in [0.2, 0.25) is 0 Å². The molecule has 0 aliphatic carbocycles. The molecule has 0 radical (unpaired) electrons. The van der Waals surface area contributed by atoms with Crippen LogP contribution in [0.5, 0.6) is 0 Å². The number of hydrogen-bond acceptors (Lipinski definition) is 2. The Morgan fingerprint density at radius 3 is 2.85 bits per heavy atom. The molecule has 2 bridgehead atoms. The minimum Gasteiger partial charge on any atom is -0.348 e. The highest BCUT2D eigenvalue weighted by atomic mass is 79.9. The van der Waals surface area contributed by atoms with E-state index in [9.17, 15) is 4.79 Å². The number of nitrogens with zero attached hydrogens (tertiary/aromatic N) is 2. The van der Waals surface area contributed by atoms with Crippen molar-refractivity contribution in [2.45, 2.75) is 12.5 Å². The van der Waals surface area contributed by atoms with Gasteiger partial charge in [0.05, 0.1) is 10.2 Å². The maximum absolute atomic E-state index is 12.4. The Bertz CT molecular complexity index is 681. The van der Waals surface area contributed by atoms with Gasteiger partial charge >= 0.3 is 0 Å². The first kappa shape index (κ1) is 12.4. The lowest BCUT2D eigenvalue weighted by Gasteiger charge is -2.23. The second-order valence-corrected chi connectivity index (χ2v) is 6.57. The van der Waals surface area contributed by atoms with E-state index in [1.54, 1.807) is 0 Å². The molecule has 104 valence electrons. The van der Waals surface area contributed by atoms with Crippen LogP contribution in [0.4, 0.5) is 0 Å². The lowest BCUT2D eigenvalue weighted by Crippen LogP contribution is -2.43. The average Bonchev–Trinajstić information content (AvgIpc) is 3.15. The third-order valence-corrected chi connectivity index (χ3v) is 5.16. The molecule has 20 heavy (non-hydrogen) atoms. The minimum atomic E-state index is 0.0336. The Labute approximate surface area is 125 Å². The van der Waals surface area contributed by atoms with Crippen LogP contribution in [0.25, 0.3) is 5.52 Å². The quantitative estimate of drug-likeness (QED) is 0.914. The van der Waals surface area contributed by atoms with E-state index in [-0.39, 0.29) is 5.91 Å². The predicted octanol–water partition coefficient (Wildman–Crippen LogP) is 2.14. The van der Waals surface area contributed by atoms with E-state index in [2.05, 4.69) is 26.1 Å². The van der Waals surface area contributed by atoms with E-state index >= 15 is 0 Å². The molecule has 2 aliphatic heterocycles. The van der Waals surface area contributed by atoms with Crippen molar-refractivity contribution < 1.29 is 4.79 Å². The van der Waals surface area contributed by atoms with Gasteiger partial charge in [-0.1, -0.05) is 0 Å². The molecule has 1 amide bonds. The second kappa shape index (κ2) is 4.60. The summed E-state index contributed by atoms with van der Waals surface area (Å²) in [6.45, 7) is 3.35. The molecule has 4 heterocycles. The lowest BCUT2D eigenvalue weighted by atomic mass is 10.00. The Hall–Kier alpha value is -1.33. The van der Waals surface area contributed by atoms with Crippen molar-refractivity contribution in [1.82, 2.24) is 14.6 Å². The van der Waals surface area contributed by atoms with Gasteiger partial charge in [-0.15, -0.1) is 0 Å². The lowest BCUT2D eigenvalue weighted by molar-refractivity contribution is 0.0924. The highest BCUT2D eigenvalue weighted by molar-refractivity contribution is 9.10. The first-order valence-electron chi connectivity index (χ1n) is 7.00. The number of halogens is 1. The van der Waals surface area contributed by atoms with Crippen LogP contribution in [0.3, 0.4) is 0 Å². The Balaban J connectivity index is 1.56. The number of rotatable bonds is 2. The summed E-state index contributed by atoms with van der Waals surface area (Å²) in [6, 6.07) is 8.20. The third-order valence-electron chi connectivity index (χ3n) is 4.51. The number of nitrogens with one attached hydrogen (secondary N) is 1. The van der Waals surface area contributed by atoms with E-state index in [1.165, 1.54) is 13.0 Å². The largest absolute Gasteiger partial charge is 0.348 e. The summed E-state index contributed by atoms with van der Waals surface area (Å²) in [5.74, 6) is 0.673. The maximum Gasteiger partial charge on any atom is 0.253 e. The van der Waals surface area contributed by atoms with Crippen LogP contribution in [0.1, 0.15) is 16.8 Å². The molecule has 2 aromatic rings. The Kier molecular flexibility index (Phi) is 2.86. The van der Waals surface area contributed by atoms with Gasteiger partial charge in [0.25, 0.3) is 5.91 Å². The Morgan fingerprint density at radius 1 is 1.25 bits per heavy atom. The van der Waals surface area contributed by atoms with Crippen molar-refractivity contribution in [3.8, 4) is 0 Å². The summed E-state index contributed by atoms with van der Waals surface area (Å²) >= 11 is 3.49. The zero-order chi connectivity index (χ0) is 13.7. The summed E-state index contributed by atoms with van der Waals surface area (Å²) in [5, 5.41) is 3.19. The number of fused-ring (bicyclic) bond motifs is 3. The van der Waals surface area contributed by atoms with E-state index in [0.717, 1.165) is 23.2 Å². The fraction of sp³-hybridized carbons (Fsp3) is 0.400. The SMILES string of the molecule is O=C(NC1CN2CC[C@H]1C2)c1ccc2ccc(Br)n2c1. The van der Waals surface area contributed by atoms with E-state index in [0.29, 0.717) is 17.5 Å². The molecule has 0 spiro atoms. The number of carbonyl (C=O) groups excluding carboxylic acids is 1. The molecule has 1 N–H and O–H groups in total. The van der Waals surface area contributed by atoms with Crippen molar-refractivity contribution in [2.24, 2.45) is 5.92 Å². The van der Waals surface area contributed by atoms with Crippen LogP contribution < -0.4 is 5.32 Å². The standard InChI is InChI=1S/C15H16BrN3O/c16-14-4-3-12-2-1-11(8-19(12)14)15(20)17-13-9-18-6-5-10(13)7-18/h1-4,8,10,13H,5-7,9H2,(H,17,20)/t10-,13?/m0/s1. The van der Waals surface area contributed by atoms with Crippen molar-refractivity contribution >= 4 is 27.4 Å². The van der Waals surface area contributed by atoms with Gasteiger partial charge in [0.15, 0.2) is 0 Å². The van der Waals surface area contributed by atoms with Crippen molar-refractivity contribution in [3.05, 3.63) is 40.6 Å². The fourth-order valence-corrected chi connectivity index (χ4v) is 3.84. The molecule has 2 aliphatic rings. The smallest absolute Gasteiger partial charge is 0.253 e. The first-order chi connectivity index (χ1) is 9.70. The Morgan fingerprint density at radius 2 is 2.10 bits per heavy atom. The third kappa shape index (κ3) is 1.96. The molecular formula is C15H16BrN3O. The van der Waals surface area contributed by atoms with Crippen LogP contribution in [0.15, 0.2) is 35.1 Å². The monoisotopic (exact) mass is 333 g/mol. The molecule has 5 heteroatoms. The molecule has 0 saturated carbocycles.